The first-order valence-electron chi connectivity index (χ1n) is 6.27. The van der Waals surface area contributed by atoms with Gasteiger partial charge in [0.2, 0.25) is 11.8 Å². The molecule has 0 aromatic heterocycles. The Labute approximate surface area is 115 Å². The third-order valence-corrected chi connectivity index (χ3v) is 2.80. The Bertz CT molecular complexity index is 268. The van der Waals surface area contributed by atoms with Crippen LogP contribution in [0.5, 0.6) is 0 Å². The fraction of sp³-hybridized carbons (Fsp3) is 0.833. The van der Waals surface area contributed by atoms with Gasteiger partial charge in [0.05, 0.1) is 6.54 Å². The van der Waals surface area contributed by atoms with Crippen molar-refractivity contribution in [2.24, 2.45) is 5.92 Å². The summed E-state index contributed by atoms with van der Waals surface area (Å²) in [6.07, 6.45) is 3.77. The summed E-state index contributed by atoms with van der Waals surface area (Å²) in [6, 6.07) is 0. The topological polar surface area (TPSA) is 61.4 Å². The molecule has 0 aliphatic heterocycles. The Hall–Kier alpha value is -0.810. The first-order valence-corrected chi connectivity index (χ1v) is 6.27. The standard InChI is InChI=1S/C12H23N3O2.ClH/c1-15(2)12(17)4-3-7-14-11(16)9-13-8-10-5-6-10;/h10,13H,3-9H2,1-2H3,(H,14,16);1H. The van der Waals surface area contributed by atoms with Crippen molar-refractivity contribution in [3.05, 3.63) is 0 Å². The van der Waals surface area contributed by atoms with Crippen molar-refractivity contribution in [1.29, 1.82) is 0 Å². The van der Waals surface area contributed by atoms with Crippen LogP contribution in [0.25, 0.3) is 0 Å². The molecule has 106 valence electrons. The van der Waals surface area contributed by atoms with E-state index in [0.717, 1.165) is 12.5 Å². The van der Waals surface area contributed by atoms with Gasteiger partial charge in [-0.1, -0.05) is 0 Å². The van der Waals surface area contributed by atoms with E-state index >= 15 is 0 Å². The van der Waals surface area contributed by atoms with Crippen LogP contribution < -0.4 is 10.6 Å². The summed E-state index contributed by atoms with van der Waals surface area (Å²) in [4.78, 5) is 24.2. The molecule has 1 fully saturated rings. The molecule has 0 aromatic carbocycles. The van der Waals surface area contributed by atoms with Crippen LogP contribution in [0.1, 0.15) is 25.7 Å². The molecule has 0 unspecified atom stereocenters. The van der Waals surface area contributed by atoms with Crippen molar-refractivity contribution in [2.45, 2.75) is 25.7 Å². The summed E-state index contributed by atoms with van der Waals surface area (Å²) in [5.74, 6) is 0.912. The largest absolute Gasteiger partial charge is 0.355 e. The highest BCUT2D eigenvalue weighted by atomic mass is 35.5. The van der Waals surface area contributed by atoms with E-state index in [0.29, 0.717) is 25.9 Å². The molecule has 18 heavy (non-hydrogen) atoms. The molecule has 0 spiro atoms. The highest BCUT2D eigenvalue weighted by molar-refractivity contribution is 5.85. The zero-order valence-corrected chi connectivity index (χ0v) is 12.0. The van der Waals surface area contributed by atoms with Crippen LogP contribution in [0, 0.1) is 5.92 Å². The van der Waals surface area contributed by atoms with Gasteiger partial charge in [0.1, 0.15) is 0 Å². The molecular weight excluding hydrogens is 254 g/mol. The smallest absolute Gasteiger partial charge is 0.233 e. The second kappa shape index (κ2) is 9.16. The van der Waals surface area contributed by atoms with E-state index < -0.39 is 0 Å². The van der Waals surface area contributed by atoms with Gasteiger partial charge in [0.15, 0.2) is 0 Å². The van der Waals surface area contributed by atoms with Crippen molar-refractivity contribution in [1.82, 2.24) is 15.5 Å². The Kier molecular flexibility index (Phi) is 8.75. The Morgan fingerprint density at radius 3 is 2.50 bits per heavy atom. The summed E-state index contributed by atoms with van der Waals surface area (Å²) < 4.78 is 0. The zero-order chi connectivity index (χ0) is 12.7. The first kappa shape index (κ1) is 17.2. The molecule has 0 radical (unpaired) electrons. The predicted molar refractivity (Wildman–Crippen MR) is 73.8 cm³/mol. The average molecular weight is 278 g/mol. The minimum atomic E-state index is 0. The lowest BCUT2D eigenvalue weighted by molar-refractivity contribution is -0.129. The molecule has 6 heteroatoms. The number of carbonyl (C=O) groups excluding carboxylic acids is 2. The van der Waals surface area contributed by atoms with E-state index in [4.69, 9.17) is 0 Å². The van der Waals surface area contributed by atoms with Gasteiger partial charge in [-0.2, -0.15) is 0 Å². The molecule has 5 nitrogen and oxygen atoms in total. The second-order valence-corrected chi connectivity index (χ2v) is 4.82. The summed E-state index contributed by atoms with van der Waals surface area (Å²) >= 11 is 0. The van der Waals surface area contributed by atoms with E-state index in [1.54, 1.807) is 19.0 Å². The van der Waals surface area contributed by atoms with Gasteiger partial charge in [0, 0.05) is 27.1 Å². The lowest BCUT2D eigenvalue weighted by atomic mass is 10.3. The van der Waals surface area contributed by atoms with Gasteiger partial charge in [-0.15, -0.1) is 12.4 Å². The normalized spacial score (nSPS) is 13.7. The van der Waals surface area contributed by atoms with Crippen LogP contribution >= 0.6 is 12.4 Å². The molecule has 0 saturated heterocycles. The number of nitrogens with zero attached hydrogens (tertiary/aromatic N) is 1. The summed E-state index contributed by atoms with van der Waals surface area (Å²) in [7, 11) is 3.48. The number of carbonyl (C=O) groups is 2. The van der Waals surface area contributed by atoms with Crippen molar-refractivity contribution in [2.75, 3.05) is 33.7 Å². The van der Waals surface area contributed by atoms with Crippen molar-refractivity contribution in [3.63, 3.8) is 0 Å². The fourth-order valence-electron chi connectivity index (χ4n) is 1.47. The molecule has 2 N–H and O–H groups in total. The number of hydrogen-bond donors (Lipinski definition) is 2. The Balaban J connectivity index is 0.00000289. The molecule has 1 saturated carbocycles. The van der Waals surface area contributed by atoms with Gasteiger partial charge in [-0.25, -0.2) is 0 Å². The van der Waals surface area contributed by atoms with Crippen molar-refractivity contribution in [3.8, 4) is 0 Å². The van der Waals surface area contributed by atoms with Gasteiger partial charge in [-0.3, -0.25) is 9.59 Å². The number of halogens is 1. The minimum Gasteiger partial charge on any atom is -0.355 e. The summed E-state index contributed by atoms with van der Waals surface area (Å²) in [6.45, 7) is 1.91. The number of nitrogens with one attached hydrogen (secondary N) is 2. The highest BCUT2D eigenvalue weighted by Gasteiger charge is 2.20. The van der Waals surface area contributed by atoms with Gasteiger partial charge < -0.3 is 15.5 Å². The molecule has 2 amide bonds. The lowest BCUT2D eigenvalue weighted by Crippen LogP contribution is -2.35. The summed E-state index contributed by atoms with van der Waals surface area (Å²) in [5.41, 5.74) is 0. The van der Waals surface area contributed by atoms with Crippen LogP contribution in [0.4, 0.5) is 0 Å². The Morgan fingerprint density at radius 1 is 1.28 bits per heavy atom. The van der Waals surface area contributed by atoms with Crippen molar-refractivity contribution < 1.29 is 9.59 Å². The van der Waals surface area contributed by atoms with Crippen LogP contribution in [0.15, 0.2) is 0 Å². The molecule has 1 aliphatic carbocycles. The number of amides is 2. The fourth-order valence-corrected chi connectivity index (χ4v) is 1.47. The predicted octanol–water partition coefficient (Wildman–Crippen LogP) is 0.392. The van der Waals surface area contributed by atoms with Crippen LogP contribution in [0.2, 0.25) is 0 Å². The maximum Gasteiger partial charge on any atom is 0.233 e. The van der Waals surface area contributed by atoms with Gasteiger partial charge in [0.25, 0.3) is 0 Å². The lowest BCUT2D eigenvalue weighted by Gasteiger charge is -2.10. The quantitative estimate of drug-likeness (QED) is 0.631. The third kappa shape index (κ3) is 8.31. The van der Waals surface area contributed by atoms with Crippen LogP contribution in [-0.2, 0) is 9.59 Å². The molecule has 1 aliphatic rings. The maximum atomic E-state index is 11.4. The number of hydrogen-bond acceptors (Lipinski definition) is 3. The third-order valence-electron chi connectivity index (χ3n) is 2.80. The van der Waals surface area contributed by atoms with E-state index in [-0.39, 0.29) is 24.2 Å². The second-order valence-electron chi connectivity index (χ2n) is 4.82. The van der Waals surface area contributed by atoms with E-state index in [2.05, 4.69) is 10.6 Å². The van der Waals surface area contributed by atoms with Crippen LogP contribution in [0.3, 0.4) is 0 Å². The molecule has 1 rings (SSSR count). The van der Waals surface area contributed by atoms with Gasteiger partial charge in [-0.05, 0) is 31.7 Å². The monoisotopic (exact) mass is 277 g/mol. The van der Waals surface area contributed by atoms with Crippen molar-refractivity contribution >= 4 is 24.2 Å². The van der Waals surface area contributed by atoms with E-state index in [1.807, 2.05) is 0 Å². The molecular formula is C12H24ClN3O2. The highest BCUT2D eigenvalue weighted by Crippen LogP contribution is 2.27. The average Bonchev–Trinajstić information content (AvgIpc) is 3.08. The molecule has 0 bridgehead atoms. The SMILES string of the molecule is CN(C)C(=O)CCCNC(=O)CNCC1CC1.Cl. The van der Waals surface area contributed by atoms with Gasteiger partial charge >= 0.3 is 0 Å². The van der Waals surface area contributed by atoms with E-state index in [9.17, 15) is 9.59 Å². The maximum absolute atomic E-state index is 11.4. The minimum absolute atomic E-state index is 0. The Morgan fingerprint density at radius 2 is 1.94 bits per heavy atom. The number of rotatable bonds is 8. The van der Waals surface area contributed by atoms with Crippen LogP contribution in [-0.4, -0.2) is 50.4 Å². The first-order chi connectivity index (χ1) is 8.09. The zero-order valence-electron chi connectivity index (χ0n) is 11.2. The molecule has 0 atom stereocenters. The van der Waals surface area contributed by atoms with E-state index in [1.165, 1.54) is 12.8 Å². The molecule has 0 heterocycles. The molecule has 0 aromatic rings. The summed E-state index contributed by atoms with van der Waals surface area (Å²) in [5, 5.41) is 5.93.